The molecule has 0 saturated carbocycles. The molecular weight excluding hydrogens is 690 g/mol. The number of hydrogen-bond acceptors (Lipinski definition) is 14. The Labute approximate surface area is 311 Å². The van der Waals surface area contributed by atoms with Crippen molar-refractivity contribution in [2.24, 2.45) is 23.7 Å². The zero-order chi connectivity index (χ0) is 39.0. The van der Waals surface area contributed by atoms with Crippen LogP contribution in [-0.2, 0) is 49.2 Å². The second-order valence-corrected chi connectivity index (χ2v) is 16.1. The average Bonchev–Trinajstić information content (AvgIpc) is 3.34. The number of carbonyl (C=O) groups is 4. The Balaban J connectivity index is 1.63. The van der Waals surface area contributed by atoms with Crippen LogP contribution >= 0.6 is 0 Å². The van der Waals surface area contributed by atoms with E-state index < -0.39 is 96.0 Å². The van der Waals surface area contributed by atoms with E-state index in [2.05, 4.69) is 10.3 Å². The van der Waals surface area contributed by atoms with E-state index in [0.29, 0.717) is 12.0 Å². The van der Waals surface area contributed by atoms with E-state index in [1.165, 1.54) is 0 Å². The monoisotopic (exact) mass is 747 g/mol. The molecule has 53 heavy (non-hydrogen) atoms. The van der Waals surface area contributed by atoms with Crippen LogP contribution in [0.4, 0.5) is 9.59 Å². The predicted molar refractivity (Wildman–Crippen MR) is 188 cm³/mol. The van der Waals surface area contributed by atoms with Crippen molar-refractivity contribution in [2.75, 3.05) is 14.1 Å². The highest BCUT2D eigenvalue weighted by Crippen LogP contribution is 2.45. The number of aliphatic hydroxyl groups is 1. The summed E-state index contributed by atoms with van der Waals surface area (Å²) < 4.78 is 43.4. The molecule has 2 bridgehead atoms. The summed E-state index contributed by atoms with van der Waals surface area (Å²) in [6, 6.07) is 2.39. The Morgan fingerprint density at radius 2 is 1.79 bits per heavy atom. The molecule has 0 aliphatic carbocycles. The van der Waals surface area contributed by atoms with Gasteiger partial charge in [-0.05, 0) is 78.6 Å². The molecule has 2 N–H and O–H groups in total. The second-order valence-electron chi connectivity index (χ2n) is 16.1. The topological polar surface area (TPSA) is 181 Å². The number of amides is 1. The fourth-order valence-electron chi connectivity index (χ4n) is 9.02. The van der Waals surface area contributed by atoms with Gasteiger partial charge in [-0.3, -0.25) is 14.6 Å². The number of alkyl carbamates (subject to hydrolysis) is 1. The first-order valence-corrected chi connectivity index (χ1v) is 18.7. The third-order valence-electron chi connectivity index (χ3n) is 11.7. The van der Waals surface area contributed by atoms with Crippen molar-refractivity contribution in [3.63, 3.8) is 0 Å². The highest BCUT2D eigenvalue weighted by molar-refractivity contribution is 5.76. The molecule has 0 aromatic carbocycles. The van der Waals surface area contributed by atoms with Crippen LogP contribution in [0.1, 0.15) is 80.2 Å². The average molecular weight is 748 g/mol. The molecule has 5 rings (SSSR count). The lowest BCUT2D eigenvalue weighted by Crippen LogP contribution is -2.60. The fraction of sp³-hybridized carbons (Fsp3) is 0.763. The number of pyridine rings is 1. The van der Waals surface area contributed by atoms with Gasteiger partial charge >= 0.3 is 24.2 Å². The zero-order valence-electron chi connectivity index (χ0n) is 32.5. The lowest BCUT2D eigenvalue weighted by Gasteiger charge is -2.47. The van der Waals surface area contributed by atoms with Crippen LogP contribution in [-0.4, -0.2) is 119 Å². The fourth-order valence-corrected chi connectivity index (χ4v) is 9.02. The number of hydrogen-bond donors (Lipinski definition) is 2. The van der Waals surface area contributed by atoms with Crippen LogP contribution in [0, 0.1) is 23.7 Å². The van der Waals surface area contributed by atoms with Crippen molar-refractivity contribution < 1.29 is 57.4 Å². The van der Waals surface area contributed by atoms with Gasteiger partial charge in [0.15, 0.2) is 11.9 Å². The number of esters is 2. The number of cyclic esters (lactones) is 1. The maximum atomic E-state index is 14.3. The Bertz CT molecular complexity index is 1480. The minimum atomic E-state index is -1.46. The molecule has 15 heteroatoms. The summed E-state index contributed by atoms with van der Waals surface area (Å²) in [6.07, 6.45) is -4.20. The Morgan fingerprint density at radius 3 is 2.43 bits per heavy atom. The molecule has 0 unspecified atom stereocenters. The quantitative estimate of drug-likeness (QED) is 0.304. The van der Waals surface area contributed by atoms with E-state index in [1.54, 1.807) is 52.2 Å². The van der Waals surface area contributed by atoms with Gasteiger partial charge in [0.25, 0.3) is 0 Å². The number of fused-ring (bicyclic) bond motifs is 4. The minimum Gasteiger partial charge on any atom is -0.461 e. The molecule has 0 spiro atoms. The van der Waals surface area contributed by atoms with Crippen LogP contribution in [0.3, 0.4) is 0 Å². The highest BCUT2D eigenvalue weighted by Gasteiger charge is 2.59. The van der Waals surface area contributed by atoms with E-state index in [9.17, 15) is 24.3 Å². The maximum absolute atomic E-state index is 14.3. The Kier molecular flexibility index (Phi) is 12.3. The van der Waals surface area contributed by atoms with Crippen LogP contribution in [0.15, 0.2) is 24.5 Å². The Morgan fingerprint density at radius 1 is 1.08 bits per heavy atom. The molecule has 0 radical (unpaired) electrons. The summed E-state index contributed by atoms with van der Waals surface area (Å²) in [6.45, 7) is 14.2. The second kappa shape index (κ2) is 16.1. The summed E-state index contributed by atoms with van der Waals surface area (Å²) in [7, 11) is 3.72. The first-order chi connectivity index (χ1) is 24.9. The highest BCUT2D eigenvalue weighted by atomic mass is 16.8. The molecular formula is C38H57N3O12. The van der Waals surface area contributed by atoms with E-state index in [4.69, 9.17) is 33.2 Å². The molecule has 4 saturated heterocycles. The molecule has 1 aromatic rings. The number of carbonyl (C=O) groups excluding carboxylic acids is 4. The molecule has 4 aliphatic rings. The molecule has 4 aliphatic heterocycles. The van der Waals surface area contributed by atoms with Crippen LogP contribution < -0.4 is 5.32 Å². The standard InChI is InChI=1S/C38H57N3O12/c1-11-26-38(8)31(40-35(45)52-38)21(4)29-19(2)17-37(7,53-36(46)50-29)32(51-34-28(43)25(41(9)10)15-20(3)47-34)22(5)30(23(6)33(44)48-26)49-27(42)16-24-13-12-14-39-18-24/h12-14,18-23,25-26,28-32,34,43H,11,15-17H2,1-10H3,(H,40,45)/t19-,20-,21+,22+,23-,25+,26-,28-,29+,30+,31-,32-,34+,37-,38-/m1/s1. The first-order valence-electron chi connectivity index (χ1n) is 18.7. The molecule has 1 amide bonds. The van der Waals surface area contributed by atoms with Crippen molar-refractivity contribution in [1.82, 2.24) is 15.2 Å². The third kappa shape index (κ3) is 8.42. The van der Waals surface area contributed by atoms with Gasteiger partial charge in [-0.15, -0.1) is 0 Å². The van der Waals surface area contributed by atoms with Crippen LogP contribution in [0.5, 0.6) is 0 Å². The first kappa shape index (κ1) is 40.7. The van der Waals surface area contributed by atoms with Gasteiger partial charge in [0, 0.05) is 30.3 Å². The minimum absolute atomic E-state index is 0.132. The molecule has 4 fully saturated rings. The molecule has 15 atom stereocenters. The summed E-state index contributed by atoms with van der Waals surface area (Å²) in [5.41, 5.74) is -2.20. The number of aromatic nitrogens is 1. The number of nitrogens with one attached hydrogen (secondary N) is 1. The van der Waals surface area contributed by atoms with E-state index in [1.807, 2.05) is 46.7 Å². The van der Waals surface area contributed by atoms with E-state index in [0.717, 1.165) is 0 Å². The number of rotatable bonds is 7. The van der Waals surface area contributed by atoms with Gasteiger partial charge in [-0.1, -0.05) is 33.8 Å². The van der Waals surface area contributed by atoms with Gasteiger partial charge in [0.2, 0.25) is 0 Å². The predicted octanol–water partition coefficient (Wildman–Crippen LogP) is 3.78. The number of likely N-dealkylation sites (N-methyl/N-ethyl adjacent to an activating group) is 1. The maximum Gasteiger partial charge on any atom is 0.509 e. The van der Waals surface area contributed by atoms with E-state index >= 15 is 0 Å². The molecule has 296 valence electrons. The van der Waals surface area contributed by atoms with Gasteiger partial charge < -0.3 is 48.5 Å². The number of nitrogens with zero attached hydrogens (tertiary/aromatic N) is 2. The lowest BCUT2D eigenvalue weighted by molar-refractivity contribution is -0.298. The normalized spacial score (nSPS) is 42.2. The SMILES string of the molecule is CC[C@H]1OC(=O)[C@H](C)[C@@H](OC(=O)Cc2cccnc2)[C@H](C)[C@@H](O[C@@H]2O[C@H](C)C[C@H](N(C)C)[C@H]2O)[C@@]2(C)C[C@@H](C)[C@H](OC(=O)O2)[C@H](C)[C@H]2NC(=O)O[C@@]21C. The largest absolute Gasteiger partial charge is 0.509 e. The van der Waals surface area contributed by atoms with Gasteiger partial charge in [0.1, 0.15) is 36.1 Å². The van der Waals surface area contributed by atoms with Gasteiger partial charge in [0.05, 0.1) is 24.5 Å². The summed E-state index contributed by atoms with van der Waals surface area (Å²) >= 11 is 0. The molecule has 1 aromatic heterocycles. The van der Waals surface area contributed by atoms with Gasteiger partial charge in [-0.2, -0.15) is 0 Å². The summed E-state index contributed by atoms with van der Waals surface area (Å²) in [5.74, 6) is -4.18. The molecule has 5 heterocycles. The van der Waals surface area contributed by atoms with Crippen LogP contribution in [0.2, 0.25) is 0 Å². The van der Waals surface area contributed by atoms with Crippen molar-refractivity contribution in [3.05, 3.63) is 30.1 Å². The summed E-state index contributed by atoms with van der Waals surface area (Å²) in [5, 5.41) is 14.5. The van der Waals surface area contributed by atoms with E-state index in [-0.39, 0.29) is 37.3 Å². The van der Waals surface area contributed by atoms with Crippen molar-refractivity contribution >= 4 is 24.2 Å². The van der Waals surface area contributed by atoms with Crippen LogP contribution in [0.25, 0.3) is 0 Å². The smallest absolute Gasteiger partial charge is 0.461 e. The zero-order valence-corrected chi connectivity index (χ0v) is 32.5. The molecule has 15 nitrogen and oxygen atoms in total. The number of ether oxygens (including phenoxy) is 7. The summed E-state index contributed by atoms with van der Waals surface area (Å²) in [4.78, 5) is 60.5. The van der Waals surface area contributed by atoms with Crippen molar-refractivity contribution in [3.8, 4) is 0 Å². The van der Waals surface area contributed by atoms with Gasteiger partial charge in [-0.25, -0.2) is 9.59 Å². The number of aliphatic hydroxyl groups excluding tert-OH is 1. The third-order valence-corrected chi connectivity index (χ3v) is 11.7. The Hall–Kier alpha value is -3.53. The lowest BCUT2D eigenvalue weighted by atomic mass is 9.72. The van der Waals surface area contributed by atoms with Crippen molar-refractivity contribution in [1.29, 1.82) is 0 Å². The van der Waals surface area contributed by atoms with Crippen molar-refractivity contribution in [2.45, 2.75) is 147 Å².